The van der Waals surface area contributed by atoms with Gasteiger partial charge in [-0.15, -0.1) is 11.8 Å². The second-order valence-electron chi connectivity index (χ2n) is 5.54. The zero-order valence-corrected chi connectivity index (χ0v) is 13.5. The number of carbonyl (C=O) groups excluding carboxylic acids is 1. The lowest BCUT2D eigenvalue weighted by molar-refractivity contribution is -0.141. The highest BCUT2D eigenvalue weighted by atomic mass is 32.2. The van der Waals surface area contributed by atoms with Crippen LogP contribution in [0.1, 0.15) is 32.6 Å². The molecule has 2 fully saturated rings. The highest BCUT2D eigenvalue weighted by Gasteiger charge is 2.45. The minimum absolute atomic E-state index is 0.0209. The maximum absolute atomic E-state index is 12.9. The van der Waals surface area contributed by atoms with Gasteiger partial charge in [-0.05, 0) is 19.3 Å². The van der Waals surface area contributed by atoms with E-state index in [1.54, 1.807) is 28.7 Å². The molecule has 0 radical (unpaired) electrons. The number of rotatable bonds is 7. The van der Waals surface area contributed by atoms with Gasteiger partial charge in [0.25, 0.3) is 0 Å². The van der Waals surface area contributed by atoms with Crippen LogP contribution in [0.5, 0.6) is 0 Å². The van der Waals surface area contributed by atoms with E-state index >= 15 is 0 Å². The maximum atomic E-state index is 12.9. The number of ether oxygens (including phenoxy) is 1. The smallest absolute Gasteiger partial charge is 0.327 e. The Morgan fingerprint density at radius 1 is 1.43 bits per heavy atom. The molecular weight excluding hydrogens is 292 g/mol. The van der Waals surface area contributed by atoms with Crippen LogP contribution in [0.3, 0.4) is 0 Å². The van der Waals surface area contributed by atoms with Gasteiger partial charge in [0, 0.05) is 25.4 Å². The molecule has 2 rings (SSSR count). The van der Waals surface area contributed by atoms with Crippen LogP contribution in [0.25, 0.3) is 0 Å². The quantitative estimate of drug-likeness (QED) is 0.776. The normalized spacial score (nSPS) is 25.1. The summed E-state index contributed by atoms with van der Waals surface area (Å²) < 4.78 is 5.08. The third-order valence-corrected chi connectivity index (χ3v) is 5.26. The molecule has 120 valence electrons. The van der Waals surface area contributed by atoms with Crippen molar-refractivity contribution in [3.8, 4) is 0 Å². The van der Waals surface area contributed by atoms with E-state index in [4.69, 9.17) is 4.74 Å². The molecule has 2 unspecified atom stereocenters. The first kappa shape index (κ1) is 16.4. The van der Waals surface area contributed by atoms with Crippen molar-refractivity contribution in [2.45, 2.75) is 50.1 Å². The molecule has 1 N–H and O–H groups in total. The first-order valence-corrected chi connectivity index (χ1v) is 8.57. The van der Waals surface area contributed by atoms with E-state index in [1.807, 2.05) is 0 Å². The highest BCUT2D eigenvalue weighted by molar-refractivity contribution is 8.00. The van der Waals surface area contributed by atoms with Crippen LogP contribution < -0.4 is 0 Å². The van der Waals surface area contributed by atoms with E-state index in [0.29, 0.717) is 18.9 Å². The number of hydrogen-bond acceptors (Lipinski definition) is 4. The topological polar surface area (TPSA) is 70.1 Å². The molecule has 1 saturated carbocycles. The van der Waals surface area contributed by atoms with Gasteiger partial charge in [0.1, 0.15) is 6.04 Å². The van der Waals surface area contributed by atoms with Crippen LogP contribution >= 0.6 is 11.8 Å². The van der Waals surface area contributed by atoms with Gasteiger partial charge in [-0.1, -0.05) is 13.3 Å². The predicted octanol–water partition coefficient (Wildman–Crippen LogP) is 1.85. The van der Waals surface area contributed by atoms with Crippen LogP contribution in [0.4, 0.5) is 4.79 Å². The van der Waals surface area contributed by atoms with Crippen molar-refractivity contribution in [3.63, 3.8) is 0 Å². The minimum Gasteiger partial charge on any atom is -0.480 e. The Kier molecular flexibility index (Phi) is 5.75. The maximum Gasteiger partial charge on any atom is 0.327 e. The van der Waals surface area contributed by atoms with E-state index in [9.17, 15) is 14.7 Å². The summed E-state index contributed by atoms with van der Waals surface area (Å²) in [5.41, 5.74) is 0. The first-order chi connectivity index (χ1) is 10.1. The third kappa shape index (κ3) is 3.83. The molecule has 0 bridgehead atoms. The van der Waals surface area contributed by atoms with Gasteiger partial charge in [-0.25, -0.2) is 9.59 Å². The fraction of sp³-hybridized carbons (Fsp3) is 0.857. The average molecular weight is 316 g/mol. The van der Waals surface area contributed by atoms with Gasteiger partial charge in [-0.2, -0.15) is 0 Å². The molecule has 7 heteroatoms. The first-order valence-electron chi connectivity index (χ1n) is 7.52. The molecule has 1 heterocycles. The van der Waals surface area contributed by atoms with Crippen LogP contribution in [-0.2, 0) is 9.53 Å². The van der Waals surface area contributed by atoms with E-state index < -0.39 is 12.0 Å². The van der Waals surface area contributed by atoms with Crippen LogP contribution in [0.15, 0.2) is 0 Å². The highest BCUT2D eigenvalue weighted by Crippen LogP contribution is 2.35. The van der Waals surface area contributed by atoms with Crippen LogP contribution in [0, 0.1) is 0 Å². The zero-order valence-electron chi connectivity index (χ0n) is 12.7. The molecule has 6 nitrogen and oxygen atoms in total. The second-order valence-corrected chi connectivity index (χ2v) is 6.75. The Bertz CT molecular complexity index is 389. The molecule has 0 aromatic rings. The van der Waals surface area contributed by atoms with Crippen molar-refractivity contribution < 1.29 is 19.4 Å². The molecule has 2 aliphatic rings. The Morgan fingerprint density at radius 2 is 2.14 bits per heavy atom. The molecular formula is C14H24N2O4S. The molecule has 0 spiro atoms. The lowest BCUT2D eigenvalue weighted by atomic mass is 10.2. The number of thioether (sulfide) groups is 1. The summed E-state index contributed by atoms with van der Waals surface area (Å²) >= 11 is 1.58. The number of carbonyl (C=O) groups is 2. The Hall–Kier alpha value is -0.950. The molecule has 2 amide bonds. The van der Waals surface area contributed by atoms with Crippen molar-refractivity contribution in [2.75, 3.05) is 26.0 Å². The molecule has 2 atom stereocenters. The minimum atomic E-state index is -0.906. The van der Waals surface area contributed by atoms with Crippen molar-refractivity contribution in [2.24, 2.45) is 0 Å². The van der Waals surface area contributed by atoms with E-state index in [-0.39, 0.29) is 17.4 Å². The standard InChI is InChI=1S/C14H24N2O4S/c1-3-4-12-16(11(9-21-12)13(17)18)14(19)15(7-8-20-2)10-5-6-10/h10-12H,3-9H2,1-2H3,(H,17,18). The zero-order chi connectivity index (χ0) is 15.4. The van der Waals surface area contributed by atoms with Gasteiger partial charge >= 0.3 is 12.0 Å². The third-order valence-electron chi connectivity index (χ3n) is 3.90. The number of carboxylic acids is 1. The Balaban J connectivity index is 2.12. The van der Waals surface area contributed by atoms with Crippen molar-refractivity contribution in [1.82, 2.24) is 9.80 Å². The summed E-state index contributed by atoms with van der Waals surface area (Å²) in [7, 11) is 1.61. The summed E-state index contributed by atoms with van der Waals surface area (Å²) in [4.78, 5) is 27.7. The molecule has 1 saturated heterocycles. The summed E-state index contributed by atoms with van der Waals surface area (Å²) in [5, 5.41) is 9.36. The molecule has 0 aromatic carbocycles. The summed E-state index contributed by atoms with van der Waals surface area (Å²) in [5.74, 6) is -0.425. The summed E-state index contributed by atoms with van der Waals surface area (Å²) in [6.07, 6.45) is 3.79. The van der Waals surface area contributed by atoms with E-state index in [0.717, 1.165) is 25.7 Å². The lowest BCUT2D eigenvalue weighted by Crippen LogP contribution is -2.53. The second kappa shape index (κ2) is 7.35. The van der Waals surface area contributed by atoms with Gasteiger partial charge in [0.05, 0.1) is 12.0 Å². The van der Waals surface area contributed by atoms with Crippen LogP contribution in [-0.4, -0.2) is 70.4 Å². The largest absolute Gasteiger partial charge is 0.480 e. The fourth-order valence-corrected chi connectivity index (χ4v) is 4.15. The fourth-order valence-electron chi connectivity index (χ4n) is 2.64. The van der Waals surface area contributed by atoms with Gasteiger partial charge in [0.15, 0.2) is 0 Å². The monoisotopic (exact) mass is 316 g/mol. The SMILES string of the molecule is CCCC1SCC(C(=O)O)N1C(=O)N(CCOC)C1CC1. The summed E-state index contributed by atoms with van der Waals surface area (Å²) in [6, 6.07) is -0.580. The average Bonchev–Trinajstić information content (AvgIpc) is 3.19. The predicted molar refractivity (Wildman–Crippen MR) is 81.4 cm³/mol. The number of hydrogen-bond donors (Lipinski definition) is 1. The van der Waals surface area contributed by atoms with Crippen LogP contribution in [0.2, 0.25) is 0 Å². The number of methoxy groups -OCH3 is 1. The van der Waals surface area contributed by atoms with Gasteiger partial charge in [0.2, 0.25) is 0 Å². The number of carboxylic acid groups (broad SMARTS) is 1. The number of amides is 2. The Labute approximate surface area is 129 Å². The van der Waals surface area contributed by atoms with E-state index in [1.165, 1.54) is 0 Å². The molecule has 1 aliphatic heterocycles. The van der Waals surface area contributed by atoms with Crippen molar-refractivity contribution >= 4 is 23.8 Å². The molecule has 21 heavy (non-hydrogen) atoms. The molecule has 0 aromatic heterocycles. The van der Waals surface area contributed by atoms with E-state index in [2.05, 4.69) is 6.92 Å². The molecule has 1 aliphatic carbocycles. The lowest BCUT2D eigenvalue weighted by Gasteiger charge is -2.33. The van der Waals surface area contributed by atoms with Gasteiger partial charge < -0.3 is 14.7 Å². The Morgan fingerprint density at radius 3 is 2.67 bits per heavy atom. The van der Waals surface area contributed by atoms with Gasteiger partial charge in [-0.3, -0.25) is 4.90 Å². The number of nitrogens with zero attached hydrogens (tertiary/aromatic N) is 2. The number of urea groups is 1. The van der Waals surface area contributed by atoms with Crippen molar-refractivity contribution in [1.29, 1.82) is 0 Å². The summed E-state index contributed by atoms with van der Waals surface area (Å²) in [6.45, 7) is 3.08. The van der Waals surface area contributed by atoms with Crippen molar-refractivity contribution in [3.05, 3.63) is 0 Å². The number of aliphatic carboxylic acids is 1.